The lowest BCUT2D eigenvalue weighted by Gasteiger charge is -2.07. The van der Waals surface area contributed by atoms with Gasteiger partial charge in [-0.25, -0.2) is 9.97 Å². The van der Waals surface area contributed by atoms with Crippen molar-refractivity contribution in [2.75, 3.05) is 6.61 Å². The molecular formula is C16H16N2OS. The molecule has 0 N–H and O–H groups in total. The van der Waals surface area contributed by atoms with Gasteiger partial charge in [-0.3, -0.25) is 0 Å². The Kier molecular flexibility index (Phi) is 3.92. The smallest absolute Gasteiger partial charge is 0.223 e. The molecule has 0 aliphatic rings. The van der Waals surface area contributed by atoms with Gasteiger partial charge in [0.15, 0.2) is 0 Å². The number of para-hydroxylation sites is 1. The van der Waals surface area contributed by atoms with Crippen LogP contribution in [0.15, 0.2) is 42.6 Å². The maximum absolute atomic E-state index is 5.78. The fourth-order valence-corrected chi connectivity index (χ4v) is 2.95. The zero-order chi connectivity index (χ0) is 13.8. The zero-order valence-electron chi connectivity index (χ0n) is 11.4. The molecule has 0 aliphatic carbocycles. The van der Waals surface area contributed by atoms with Crippen LogP contribution in [0.1, 0.15) is 19.8 Å². The first-order chi connectivity index (χ1) is 9.88. The lowest BCUT2D eigenvalue weighted by molar-refractivity contribution is 0.299. The number of pyridine rings is 1. The number of rotatable bonds is 5. The highest BCUT2D eigenvalue weighted by atomic mass is 32.1. The molecule has 2 heterocycles. The van der Waals surface area contributed by atoms with Crippen LogP contribution in [-0.2, 0) is 0 Å². The fourth-order valence-electron chi connectivity index (χ4n) is 1.97. The van der Waals surface area contributed by atoms with E-state index < -0.39 is 0 Å². The van der Waals surface area contributed by atoms with E-state index in [2.05, 4.69) is 23.0 Å². The molecule has 3 aromatic rings. The van der Waals surface area contributed by atoms with Crippen LogP contribution in [0.2, 0.25) is 0 Å². The van der Waals surface area contributed by atoms with E-state index >= 15 is 0 Å². The van der Waals surface area contributed by atoms with Crippen molar-refractivity contribution in [1.29, 1.82) is 0 Å². The third-order valence-electron chi connectivity index (χ3n) is 3.03. The molecule has 20 heavy (non-hydrogen) atoms. The number of aromatic nitrogens is 2. The topological polar surface area (TPSA) is 35.0 Å². The minimum atomic E-state index is 0.681. The molecule has 102 valence electrons. The predicted molar refractivity (Wildman–Crippen MR) is 83.3 cm³/mol. The first-order valence-corrected chi connectivity index (χ1v) is 7.64. The van der Waals surface area contributed by atoms with Gasteiger partial charge in [0, 0.05) is 6.20 Å². The minimum Gasteiger partial charge on any atom is -0.477 e. The molecule has 0 bridgehead atoms. The number of hydrogen-bond donors (Lipinski definition) is 0. The van der Waals surface area contributed by atoms with E-state index in [9.17, 15) is 0 Å². The molecule has 0 amide bonds. The van der Waals surface area contributed by atoms with Crippen LogP contribution in [-0.4, -0.2) is 16.6 Å². The molecule has 0 saturated heterocycles. The van der Waals surface area contributed by atoms with Crippen LogP contribution in [0.4, 0.5) is 0 Å². The van der Waals surface area contributed by atoms with Gasteiger partial charge in [0.05, 0.1) is 22.4 Å². The highest BCUT2D eigenvalue weighted by molar-refractivity contribution is 7.21. The Bertz CT molecular complexity index is 675. The summed E-state index contributed by atoms with van der Waals surface area (Å²) in [5.41, 5.74) is 2.00. The Labute approximate surface area is 122 Å². The molecule has 4 heteroatoms. The molecule has 0 unspecified atom stereocenters. The van der Waals surface area contributed by atoms with E-state index in [1.54, 1.807) is 17.5 Å². The maximum Gasteiger partial charge on any atom is 0.223 e. The van der Waals surface area contributed by atoms with E-state index in [0.717, 1.165) is 28.9 Å². The number of unbranched alkanes of at least 4 members (excludes halogenated alkanes) is 1. The molecule has 0 radical (unpaired) electrons. The second kappa shape index (κ2) is 6.01. The van der Waals surface area contributed by atoms with Crippen molar-refractivity contribution in [3.63, 3.8) is 0 Å². The summed E-state index contributed by atoms with van der Waals surface area (Å²) in [6, 6.07) is 12.1. The van der Waals surface area contributed by atoms with Gasteiger partial charge in [-0.2, -0.15) is 0 Å². The number of hydrogen-bond acceptors (Lipinski definition) is 4. The van der Waals surface area contributed by atoms with Gasteiger partial charge in [-0.05, 0) is 30.7 Å². The average Bonchev–Trinajstić information content (AvgIpc) is 2.92. The molecule has 2 aromatic heterocycles. The number of benzene rings is 1. The Hall–Kier alpha value is -1.94. The maximum atomic E-state index is 5.78. The third-order valence-corrected chi connectivity index (χ3v) is 4.10. The average molecular weight is 284 g/mol. The predicted octanol–water partition coefficient (Wildman–Crippen LogP) is 4.54. The second-order valence-electron chi connectivity index (χ2n) is 4.54. The Morgan fingerprint density at radius 2 is 2.05 bits per heavy atom. The van der Waals surface area contributed by atoms with E-state index in [-0.39, 0.29) is 0 Å². The summed E-state index contributed by atoms with van der Waals surface area (Å²) in [6.45, 7) is 2.85. The van der Waals surface area contributed by atoms with Gasteiger partial charge < -0.3 is 4.74 Å². The van der Waals surface area contributed by atoms with Crippen LogP contribution in [0.5, 0.6) is 5.88 Å². The highest BCUT2D eigenvalue weighted by Gasteiger charge is 2.12. The van der Waals surface area contributed by atoms with E-state index in [1.165, 1.54) is 4.70 Å². The van der Waals surface area contributed by atoms with Gasteiger partial charge >= 0.3 is 0 Å². The fraction of sp³-hybridized carbons (Fsp3) is 0.250. The monoisotopic (exact) mass is 284 g/mol. The molecule has 3 rings (SSSR count). The van der Waals surface area contributed by atoms with Gasteiger partial charge in [0.1, 0.15) is 5.01 Å². The summed E-state index contributed by atoms with van der Waals surface area (Å²) in [4.78, 5) is 9.01. The molecule has 0 aliphatic heterocycles. The summed E-state index contributed by atoms with van der Waals surface area (Å²) < 4.78 is 6.97. The Balaban J connectivity index is 1.96. The van der Waals surface area contributed by atoms with Gasteiger partial charge in [0.25, 0.3) is 0 Å². The molecule has 1 aromatic carbocycles. The lowest BCUT2D eigenvalue weighted by atomic mass is 10.3. The van der Waals surface area contributed by atoms with Crippen molar-refractivity contribution in [1.82, 2.24) is 9.97 Å². The summed E-state index contributed by atoms with van der Waals surface area (Å²) in [5, 5.41) is 0.964. The van der Waals surface area contributed by atoms with Gasteiger partial charge in [0.2, 0.25) is 5.88 Å². The first-order valence-electron chi connectivity index (χ1n) is 6.82. The van der Waals surface area contributed by atoms with Crippen LogP contribution in [0.25, 0.3) is 20.8 Å². The van der Waals surface area contributed by atoms with E-state index in [1.807, 2.05) is 30.3 Å². The number of thiazole rings is 1. The SMILES string of the molecule is CCCCOc1ncccc1-c1nc2ccccc2s1. The number of fused-ring (bicyclic) bond motifs is 1. The number of nitrogens with zero attached hydrogens (tertiary/aromatic N) is 2. The van der Waals surface area contributed by atoms with Crippen LogP contribution < -0.4 is 4.74 Å². The Morgan fingerprint density at radius 3 is 2.90 bits per heavy atom. The largest absolute Gasteiger partial charge is 0.477 e. The molecule has 3 nitrogen and oxygen atoms in total. The lowest BCUT2D eigenvalue weighted by Crippen LogP contribution is -1.99. The van der Waals surface area contributed by atoms with Crippen LogP contribution >= 0.6 is 11.3 Å². The molecular weight excluding hydrogens is 268 g/mol. The second-order valence-corrected chi connectivity index (χ2v) is 5.58. The number of ether oxygens (including phenoxy) is 1. The van der Waals surface area contributed by atoms with Crippen molar-refractivity contribution in [2.45, 2.75) is 19.8 Å². The first kappa shape index (κ1) is 13.1. The molecule has 0 fully saturated rings. The summed E-state index contributed by atoms with van der Waals surface area (Å²) in [5.74, 6) is 0.681. The standard InChI is InChI=1S/C16H16N2OS/c1-2-3-11-19-15-12(7-6-10-17-15)16-18-13-8-4-5-9-14(13)20-16/h4-10H,2-3,11H2,1H3. The molecule has 0 atom stereocenters. The molecule has 0 saturated carbocycles. The minimum absolute atomic E-state index is 0.681. The summed E-state index contributed by atoms with van der Waals surface area (Å²) in [6.07, 6.45) is 3.91. The van der Waals surface area contributed by atoms with Crippen molar-refractivity contribution >= 4 is 21.6 Å². The third kappa shape index (κ3) is 2.65. The van der Waals surface area contributed by atoms with Crippen LogP contribution in [0, 0.1) is 0 Å². The van der Waals surface area contributed by atoms with Crippen LogP contribution in [0.3, 0.4) is 0 Å². The Morgan fingerprint density at radius 1 is 1.15 bits per heavy atom. The van der Waals surface area contributed by atoms with Gasteiger partial charge in [-0.1, -0.05) is 25.5 Å². The van der Waals surface area contributed by atoms with Gasteiger partial charge in [-0.15, -0.1) is 11.3 Å². The zero-order valence-corrected chi connectivity index (χ0v) is 12.2. The quantitative estimate of drug-likeness (QED) is 0.645. The van der Waals surface area contributed by atoms with Crippen molar-refractivity contribution < 1.29 is 4.74 Å². The van der Waals surface area contributed by atoms with Crippen molar-refractivity contribution in [2.24, 2.45) is 0 Å². The van der Waals surface area contributed by atoms with Crippen molar-refractivity contribution in [3.8, 4) is 16.5 Å². The van der Waals surface area contributed by atoms with E-state index in [4.69, 9.17) is 4.74 Å². The van der Waals surface area contributed by atoms with E-state index in [0.29, 0.717) is 12.5 Å². The molecule has 0 spiro atoms. The van der Waals surface area contributed by atoms with Crippen molar-refractivity contribution in [3.05, 3.63) is 42.6 Å². The highest BCUT2D eigenvalue weighted by Crippen LogP contribution is 2.34. The normalized spacial score (nSPS) is 10.8. The summed E-state index contributed by atoms with van der Waals surface area (Å²) in [7, 11) is 0. The summed E-state index contributed by atoms with van der Waals surface area (Å²) >= 11 is 1.67.